The lowest BCUT2D eigenvalue weighted by molar-refractivity contribution is -0.122. The summed E-state index contributed by atoms with van der Waals surface area (Å²) >= 11 is 0. The van der Waals surface area contributed by atoms with E-state index >= 15 is 0 Å². The first-order valence-corrected chi connectivity index (χ1v) is 5.55. The van der Waals surface area contributed by atoms with Crippen molar-refractivity contribution in [1.29, 1.82) is 0 Å². The predicted molar refractivity (Wildman–Crippen MR) is 61.9 cm³/mol. The largest absolute Gasteiger partial charge is 0.326 e. The van der Waals surface area contributed by atoms with E-state index in [1.807, 2.05) is 19.1 Å². The van der Waals surface area contributed by atoms with Gasteiger partial charge < -0.3 is 5.32 Å². The van der Waals surface area contributed by atoms with Crippen molar-refractivity contribution < 1.29 is 4.79 Å². The highest BCUT2D eigenvalue weighted by molar-refractivity contribution is 5.93. The van der Waals surface area contributed by atoms with E-state index in [0.717, 1.165) is 18.5 Å². The van der Waals surface area contributed by atoms with Crippen molar-refractivity contribution in [2.75, 3.05) is 5.32 Å². The molecule has 1 N–H and O–H groups in total. The van der Waals surface area contributed by atoms with Gasteiger partial charge in [-0.1, -0.05) is 18.6 Å². The molecule has 1 aliphatic carbocycles. The molecule has 1 aromatic rings. The van der Waals surface area contributed by atoms with Gasteiger partial charge in [-0.25, -0.2) is 0 Å². The molecular formula is C13H17NO. The Balaban J connectivity index is 2.09. The van der Waals surface area contributed by atoms with Gasteiger partial charge >= 0.3 is 0 Å². The third kappa shape index (κ3) is 2.04. The van der Waals surface area contributed by atoms with Gasteiger partial charge in [-0.15, -0.1) is 0 Å². The maximum atomic E-state index is 11.7. The number of benzene rings is 1. The van der Waals surface area contributed by atoms with Crippen LogP contribution in [0.4, 0.5) is 5.69 Å². The van der Waals surface area contributed by atoms with Gasteiger partial charge in [-0.3, -0.25) is 4.79 Å². The number of rotatable bonds is 2. The first-order chi connectivity index (χ1) is 7.18. The van der Waals surface area contributed by atoms with Gasteiger partial charge in [0.25, 0.3) is 0 Å². The van der Waals surface area contributed by atoms with Gasteiger partial charge in [0.1, 0.15) is 0 Å². The van der Waals surface area contributed by atoms with Crippen LogP contribution in [-0.2, 0) is 4.79 Å². The molecule has 1 fully saturated rings. The molecule has 2 rings (SSSR count). The summed E-state index contributed by atoms with van der Waals surface area (Å²) in [5, 5.41) is 3.01. The molecule has 1 aromatic carbocycles. The third-order valence-electron chi connectivity index (χ3n) is 3.34. The second-order valence-corrected chi connectivity index (χ2v) is 4.36. The molecule has 80 valence electrons. The van der Waals surface area contributed by atoms with Crippen LogP contribution in [0.3, 0.4) is 0 Å². The maximum absolute atomic E-state index is 11.7. The Morgan fingerprint density at radius 2 is 2.07 bits per heavy atom. The molecule has 1 aliphatic rings. The van der Waals surface area contributed by atoms with Crippen molar-refractivity contribution >= 4 is 11.6 Å². The number of hydrogen-bond acceptors (Lipinski definition) is 1. The summed E-state index contributed by atoms with van der Waals surface area (Å²) in [6, 6.07) is 6.02. The number of carbonyl (C=O) groups is 1. The monoisotopic (exact) mass is 203 g/mol. The van der Waals surface area contributed by atoms with E-state index in [1.54, 1.807) is 0 Å². The quantitative estimate of drug-likeness (QED) is 0.786. The van der Waals surface area contributed by atoms with Crippen molar-refractivity contribution in [3.05, 3.63) is 29.3 Å². The molecule has 0 aliphatic heterocycles. The molecule has 0 aromatic heterocycles. The number of hydrogen-bond donors (Lipinski definition) is 1. The van der Waals surface area contributed by atoms with Crippen molar-refractivity contribution in [3.8, 4) is 0 Å². The molecule has 0 radical (unpaired) electrons. The average Bonchev–Trinajstić information content (AvgIpc) is 2.10. The first-order valence-electron chi connectivity index (χ1n) is 5.55. The highest BCUT2D eigenvalue weighted by Gasteiger charge is 2.25. The molecule has 2 heteroatoms. The zero-order valence-corrected chi connectivity index (χ0v) is 9.34. The molecule has 1 amide bonds. The number of carbonyl (C=O) groups excluding carboxylic acids is 1. The van der Waals surface area contributed by atoms with E-state index in [0.29, 0.717) is 0 Å². The van der Waals surface area contributed by atoms with Crippen LogP contribution in [0, 0.1) is 19.8 Å². The van der Waals surface area contributed by atoms with Crippen molar-refractivity contribution in [2.24, 2.45) is 5.92 Å². The zero-order valence-electron chi connectivity index (χ0n) is 9.34. The second kappa shape index (κ2) is 4.05. The van der Waals surface area contributed by atoms with Crippen LogP contribution in [0.25, 0.3) is 0 Å². The van der Waals surface area contributed by atoms with E-state index < -0.39 is 0 Å². The summed E-state index contributed by atoms with van der Waals surface area (Å²) < 4.78 is 0. The fourth-order valence-electron chi connectivity index (χ4n) is 1.79. The predicted octanol–water partition coefficient (Wildman–Crippen LogP) is 3.04. The van der Waals surface area contributed by atoms with E-state index in [1.165, 1.54) is 17.5 Å². The van der Waals surface area contributed by atoms with E-state index in [4.69, 9.17) is 0 Å². The molecule has 15 heavy (non-hydrogen) atoms. The van der Waals surface area contributed by atoms with Gasteiger partial charge in [-0.05, 0) is 43.9 Å². The molecule has 0 saturated heterocycles. The Morgan fingerprint density at radius 1 is 1.33 bits per heavy atom. The SMILES string of the molecule is Cc1cccc(NC(=O)C2CCC2)c1C. The van der Waals surface area contributed by atoms with E-state index in [9.17, 15) is 4.79 Å². The smallest absolute Gasteiger partial charge is 0.227 e. The van der Waals surface area contributed by atoms with Crippen LogP contribution < -0.4 is 5.32 Å². The summed E-state index contributed by atoms with van der Waals surface area (Å²) in [5.74, 6) is 0.444. The standard InChI is InChI=1S/C13H17NO/c1-9-5-3-8-12(10(9)2)14-13(15)11-6-4-7-11/h3,5,8,11H,4,6-7H2,1-2H3,(H,14,15). The molecule has 0 heterocycles. The summed E-state index contributed by atoms with van der Waals surface area (Å²) in [6.07, 6.45) is 3.30. The Morgan fingerprint density at radius 3 is 2.67 bits per heavy atom. The Kier molecular flexibility index (Phi) is 2.76. The molecule has 1 saturated carbocycles. The normalized spacial score (nSPS) is 15.9. The average molecular weight is 203 g/mol. The van der Waals surface area contributed by atoms with Crippen LogP contribution >= 0.6 is 0 Å². The Bertz CT molecular complexity index is 380. The van der Waals surface area contributed by atoms with E-state index in [-0.39, 0.29) is 11.8 Å². The minimum Gasteiger partial charge on any atom is -0.326 e. The maximum Gasteiger partial charge on any atom is 0.227 e. The van der Waals surface area contributed by atoms with E-state index in [2.05, 4.69) is 18.3 Å². The van der Waals surface area contributed by atoms with Crippen LogP contribution in [0.5, 0.6) is 0 Å². The lowest BCUT2D eigenvalue weighted by Gasteiger charge is -2.24. The van der Waals surface area contributed by atoms with Gasteiger partial charge in [0.05, 0.1) is 0 Å². The zero-order chi connectivity index (χ0) is 10.8. The summed E-state index contributed by atoms with van der Waals surface area (Å²) in [5.41, 5.74) is 3.36. The fraction of sp³-hybridized carbons (Fsp3) is 0.462. The van der Waals surface area contributed by atoms with Gasteiger partial charge in [0.15, 0.2) is 0 Å². The lowest BCUT2D eigenvalue weighted by Crippen LogP contribution is -2.28. The molecule has 0 unspecified atom stereocenters. The minimum absolute atomic E-state index is 0.190. The number of nitrogens with one attached hydrogen (secondary N) is 1. The van der Waals surface area contributed by atoms with Gasteiger partial charge in [0, 0.05) is 11.6 Å². The highest BCUT2D eigenvalue weighted by Crippen LogP contribution is 2.28. The van der Waals surface area contributed by atoms with Gasteiger partial charge in [0.2, 0.25) is 5.91 Å². The molecular weight excluding hydrogens is 186 g/mol. The number of amides is 1. The second-order valence-electron chi connectivity index (χ2n) is 4.36. The van der Waals surface area contributed by atoms with Crippen molar-refractivity contribution in [2.45, 2.75) is 33.1 Å². The fourth-order valence-corrected chi connectivity index (χ4v) is 1.79. The molecule has 0 spiro atoms. The van der Waals surface area contributed by atoms with Crippen LogP contribution in [0.2, 0.25) is 0 Å². The van der Waals surface area contributed by atoms with Crippen LogP contribution in [0.1, 0.15) is 30.4 Å². The van der Waals surface area contributed by atoms with Gasteiger partial charge in [-0.2, -0.15) is 0 Å². The first kappa shape index (κ1) is 10.2. The Labute approximate surface area is 90.7 Å². The van der Waals surface area contributed by atoms with Crippen LogP contribution in [0.15, 0.2) is 18.2 Å². The van der Waals surface area contributed by atoms with Crippen molar-refractivity contribution in [1.82, 2.24) is 0 Å². The Hall–Kier alpha value is -1.31. The highest BCUT2D eigenvalue weighted by atomic mass is 16.1. The summed E-state index contributed by atoms with van der Waals surface area (Å²) in [4.78, 5) is 11.7. The molecule has 2 nitrogen and oxygen atoms in total. The molecule has 0 atom stereocenters. The van der Waals surface area contributed by atoms with Crippen molar-refractivity contribution in [3.63, 3.8) is 0 Å². The van der Waals surface area contributed by atoms with Crippen LogP contribution in [-0.4, -0.2) is 5.91 Å². The number of aryl methyl sites for hydroxylation is 1. The lowest BCUT2D eigenvalue weighted by atomic mass is 9.84. The minimum atomic E-state index is 0.190. The topological polar surface area (TPSA) is 29.1 Å². The third-order valence-corrected chi connectivity index (χ3v) is 3.34. The summed E-state index contributed by atoms with van der Waals surface area (Å²) in [6.45, 7) is 4.11. The number of anilines is 1. The summed E-state index contributed by atoms with van der Waals surface area (Å²) in [7, 11) is 0. The molecule has 0 bridgehead atoms.